The first-order chi connectivity index (χ1) is 14.6. The van der Waals surface area contributed by atoms with E-state index in [-0.39, 0.29) is 5.41 Å². The van der Waals surface area contributed by atoms with Crippen molar-refractivity contribution in [1.82, 2.24) is 0 Å². The SMILES string of the molecule is COC/C=C(\C)CC(/C=C(C)/C=C/C1=C(C)CCCC1(C)C)S(=O)(=O)c1ccccc1. The van der Waals surface area contributed by atoms with Crippen molar-refractivity contribution in [3.63, 3.8) is 0 Å². The van der Waals surface area contributed by atoms with Gasteiger partial charge in [-0.15, -0.1) is 0 Å². The van der Waals surface area contributed by atoms with Crippen molar-refractivity contribution in [2.24, 2.45) is 5.41 Å². The molecule has 1 aromatic rings. The van der Waals surface area contributed by atoms with Crippen LogP contribution in [0.3, 0.4) is 0 Å². The molecule has 1 aliphatic rings. The van der Waals surface area contributed by atoms with E-state index in [4.69, 9.17) is 4.74 Å². The van der Waals surface area contributed by atoms with Gasteiger partial charge in [0, 0.05) is 7.11 Å². The molecule has 0 fully saturated rings. The number of rotatable bonds is 9. The highest BCUT2D eigenvalue weighted by molar-refractivity contribution is 7.92. The monoisotopic (exact) mass is 442 g/mol. The van der Waals surface area contributed by atoms with Crippen LogP contribution in [0, 0.1) is 5.41 Å². The number of hydrogen-bond donors (Lipinski definition) is 0. The van der Waals surface area contributed by atoms with Gasteiger partial charge in [-0.25, -0.2) is 8.42 Å². The summed E-state index contributed by atoms with van der Waals surface area (Å²) in [5, 5.41) is -0.623. The Balaban J connectivity index is 2.38. The van der Waals surface area contributed by atoms with E-state index in [0.29, 0.717) is 17.9 Å². The fourth-order valence-electron chi connectivity index (χ4n) is 4.24. The van der Waals surface area contributed by atoms with E-state index in [2.05, 4.69) is 32.9 Å². The standard InChI is InChI=1S/C27H38O3S/c1-21(14-15-26-23(3)11-10-17-27(26,4)5)19-25(20-22(2)16-18-30-6)31(28,29)24-12-8-7-9-13-24/h7-9,12-16,19,25H,10-11,17-18,20H2,1-6H3/b15-14+,21-19+,22-16+. The zero-order chi connectivity index (χ0) is 23.1. The van der Waals surface area contributed by atoms with Crippen LogP contribution in [-0.2, 0) is 14.6 Å². The first-order valence-electron chi connectivity index (χ1n) is 11.1. The van der Waals surface area contributed by atoms with Gasteiger partial charge in [-0.2, -0.15) is 0 Å². The van der Waals surface area contributed by atoms with Crippen molar-refractivity contribution in [3.05, 3.63) is 76.9 Å². The molecule has 0 N–H and O–H groups in total. The van der Waals surface area contributed by atoms with Crippen LogP contribution in [0.2, 0.25) is 0 Å². The minimum absolute atomic E-state index is 0.161. The maximum Gasteiger partial charge on any atom is 0.185 e. The predicted octanol–water partition coefficient (Wildman–Crippen LogP) is 6.84. The van der Waals surface area contributed by atoms with E-state index in [1.54, 1.807) is 31.4 Å². The molecule has 4 heteroatoms. The number of methoxy groups -OCH3 is 1. The van der Waals surface area contributed by atoms with Crippen LogP contribution in [0.4, 0.5) is 0 Å². The molecule has 1 atom stereocenters. The normalized spacial score (nSPS) is 19.2. The maximum atomic E-state index is 13.4. The van der Waals surface area contributed by atoms with Gasteiger partial charge in [-0.05, 0) is 69.6 Å². The Hall–Kier alpha value is -1.91. The molecule has 3 nitrogen and oxygen atoms in total. The Bertz CT molecular complexity index is 961. The highest BCUT2D eigenvalue weighted by Gasteiger charge is 2.27. The summed E-state index contributed by atoms with van der Waals surface area (Å²) in [5.41, 5.74) is 4.95. The zero-order valence-electron chi connectivity index (χ0n) is 19.9. The molecule has 31 heavy (non-hydrogen) atoms. The van der Waals surface area contributed by atoms with Crippen molar-refractivity contribution >= 4 is 9.84 Å². The number of hydrogen-bond acceptors (Lipinski definition) is 3. The molecule has 1 unspecified atom stereocenters. The number of ether oxygens (including phenoxy) is 1. The first kappa shape index (κ1) is 25.4. The highest BCUT2D eigenvalue weighted by atomic mass is 32.2. The summed E-state index contributed by atoms with van der Waals surface area (Å²) in [6, 6.07) is 8.73. The lowest BCUT2D eigenvalue weighted by atomic mass is 9.72. The second-order valence-electron chi connectivity index (χ2n) is 9.28. The van der Waals surface area contributed by atoms with E-state index in [1.807, 2.05) is 32.1 Å². The van der Waals surface area contributed by atoms with Gasteiger partial charge in [0.2, 0.25) is 0 Å². The van der Waals surface area contributed by atoms with Crippen LogP contribution in [0.5, 0.6) is 0 Å². The molecule has 0 spiro atoms. The fraction of sp³-hybridized carbons (Fsp3) is 0.481. The lowest BCUT2D eigenvalue weighted by Gasteiger charge is -2.33. The summed E-state index contributed by atoms with van der Waals surface area (Å²) in [6.07, 6.45) is 12.1. The summed E-state index contributed by atoms with van der Waals surface area (Å²) < 4.78 is 31.9. The van der Waals surface area contributed by atoms with Gasteiger partial charge in [0.25, 0.3) is 0 Å². The van der Waals surface area contributed by atoms with Crippen molar-refractivity contribution in [1.29, 1.82) is 0 Å². The third-order valence-electron chi connectivity index (χ3n) is 6.10. The molecule has 0 saturated heterocycles. The molecule has 2 rings (SSSR count). The van der Waals surface area contributed by atoms with Crippen LogP contribution in [0.15, 0.2) is 81.8 Å². The summed E-state index contributed by atoms with van der Waals surface area (Å²) in [7, 11) is -1.86. The summed E-state index contributed by atoms with van der Waals surface area (Å²) in [6.45, 7) is 11.2. The molecule has 170 valence electrons. The van der Waals surface area contributed by atoms with Gasteiger partial charge in [-0.1, -0.05) is 73.1 Å². The Kier molecular flexibility index (Phi) is 9.08. The van der Waals surface area contributed by atoms with Gasteiger partial charge >= 0.3 is 0 Å². The van der Waals surface area contributed by atoms with E-state index in [0.717, 1.165) is 17.6 Å². The molecule has 0 aliphatic heterocycles. The average Bonchev–Trinajstić information content (AvgIpc) is 2.71. The molecule has 0 aromatic heterocycles. The third kappa shape index (κ3) is 7.05. The second-order valence-corrected chi connectivity index (χ2v) is 11.4. The molecule has 1 aliphatic carbocycles. The van der Waals surface area contributed by atoms with Crippen LogP contribution in [0.1, 0.15) is 60.3 Å². The molecule has 0 saturated carbocycles. The molecule has 1 aromatic carbocycles. The predicted molar refractivity (Wildman–Crippen MR) is 131 cm³/mol. The Morgan fingerprint density at radius 1 is 1.19 bits per heavy atom. The molecular weight excluding hydrogens is 404 g/mol. The van der Waals surface area contributed by atoms with Crippen molar-refractivity contribution in [2.75, 3.05) is 13.7 Å². The molecule has 0 radical (unpaired) electrons. The number of allylic oxidation sites excluding steroid dienone is 6. The maximum absolute atomic E-state index is 13.4. The molecule has 0 bridgehead atoms. The highest BCUT2D eigenvalue weighted by Crippen LogP contribution is 2.40. The van der Waals surface area contributed by atoms with Crippen molar-refractivity contribution in [3.8, 4) is 0 Å². The van der Waals surface area contributed by atoms with Gasteiger partial charge in [-0.3, -0.25) is 0 Å². The Morgan fingerprint density at radius 3 is 2.48 bits per heavy atom. The van der Waals surface area contributed by atoms with Gasteiger partial charge in [0.1, 0.15) is 0 Å². The summed E-state index contributed by atoms with van der Waals surface area (Å²) in [4.78, 5) is 0.361. The minimum atomic E-state index is -3.50. The topological polar surface area (TPSA) is 43.4 Å². The lowest BCUT2D eigenvalue weighted by molar-refractivity contribution is 0.233. The van der Waals surface area contributed by atoms with Crippen molar-refractivity contribution in [2.45, 2.75) is 70.4 Å². The van der Waals surface area contributed by atoms with E-state index in [9.17, 15) is 8.42 Å². The Labute approximate surface area is 189 Å². The number of sulfone groups is 1. The lowest BCUT2D eigenvalue weighted by Crippen LogP contribution is -2.20. The van der Waals surface area contributed by atoms with Crippen LogP contribution >= 0.6 is 0 Å². The third-order valence-corrected chi connectivity index (χ3v) is 8.13. The Morgan fingerprint density at radius 2 is 1.87 bits per heavy atom. The second kappa shape index (κ2) is 11.1. The number of benzene rings is 1. The van der Waals surface area contributed by atoms with Crippen LogP contribution in [0.25, 0.3) is 0 Å². The van der Waals surface area contributed by atoms with E-state index >= 15 is 0 Å². The average molecular weight is 443 g/mol. The molecular formula is C27H38O3S. The van der Waals surface area contributed by atoms with Gasteiger partial charge in [0.05, 0.1) is 16.8 Å². The first-order valence-corrected chi connectivity index (χ1v) is 12.6. The quantitative estimate of drug-likeness (QED) is 0.310. The largest absolute Gasteiger partial charge is 0.381 e. The van der Waals surface area contributed by atoms with Gasteiger partial charge in [0.15, 0.2) is 9.84 Å². The van der Waals surface area contributed by atoms with E-state index < -0.39 is 15.1 Å². The molecule has 0 amide bonds. The zero-order valence-corrected chi connectivity index (χ0v) is 20.8. The minimum Gasteiger partial charge on any atom is -0.381 e. The van der Waals surface area contributed by atoms with E-state index in [1.165, 1.54) is 24.0 Å². The van der Waals surface area contributed by atoms with Crippen LogP contribution < -0.4 is 0 Å². The van der Waals surface area contributed by atoms with Crippen molar-refractivity contribution < 1.29 is 13.2 Å². The molecule has 0 heterocycles. The summed E-state index contributed by atoms with van der Waals surface area (Å²) >= 11 is 0. The smallest absolute Gasteiger partial charge is 0.185 e. The fourth-order valence-corrected chi connectivity index (χ4v) is 6.01. The summed E-state index contributed by atoms with van der Waals surface area (Å²) in [5.74, 6) is 0. The van der Waals surface area contributed by atoms with Crippen LogP contribution in [-0.4, -0.2) is 27.4 Å². The van der Waals surface area contributed by atoms with Gasteiger partial charge < -0.3 is 4.74 Å².